The lowest BCUT2D eigenvalue weighted by Crippen LogP contribution is -2.30. The predicted molar refractivity (Wildman–Crippen MR) is 87.0 cm³/mol. The quantitative estimate of drug-likeness (QED) is 0.571. The Labute approximate surface area is 127 Å². The van der Waals surface area contributed by atoms with Crippen LogP contribution >= 0.6 is 11.6 Å². The SMILES string of the molecule is O=C(NCCCl)Nc1c2ccccc2nc2ccccc12. The van der Waals surface area contributed by atoms with Gasteiger partial charge in [0.15, 0.2) is 0 Å². The fraction of sp³-hybridized carbons (Fsp3) is 0.125. The first-order valence-electron chi connectivity index (χ1n) is 6.68. The maximum Gasteiger partial charge on any atom is 0.319 e. The van der Waals surface area contributed by atoms with Crippen LogP contribution in [0.3, 0.4) is 0 Å². The van der Waals surface area contributed by atoms with E-state index in [0.29, 0.717) is 12.4 Å². The molecule has 0 radical (unpaired) electrons. The van der Waals surface area contributed by atoms with Crippen LogP contribution in [0.25, 0.3) is 21.8 Å². The molecule has 0 aliphatic heterocycles. The molecule has 0 fully saturated rings. The first-order valence-corrected chi connectivity index (χ1v) is 7.21. The van der Waals surface area contributed by atoms with Crippen molar-refractivity contribution in [3.63, 3.8) is 0 Å². The van der Waals surface area contributed by atoms with Crippen LogP contribution in [-0.2, 0) is 0 Å². The van der Waals surface area contributed by atoms with Crippen LogP contribution in [0.2, 0.25) is 0 Å². The summed E-state index contributed by atoms with van der Waals surface area (Å²) in [6.07, 6.45) is 0. The molecule has 21 heavy (non-hydrogen) atoms. The first kappa shape index (κ1) is 13.6. The highest BCUT2D eigenvalue weighted by Crippen LogP contribution is 2.30. The van der Waals surface area contributed by atoms with Gasteiger partial charge in [-0.15, -0.1) is 11.6 Å². The van der Waals surface area contributed by atoms with Gasteiger partial charge < -0.3 is 10.6 Å². The van der Waals surface area contributed by atoms with Crippen molar-refractivity contribution in [3.8, 4) is 0 Å². The molecule has 2 aromatic carbocycles. The number of nitrogens with zero attached hydrogens (tertiary/aromatic N) is 1. The molecule has 0 spiro atoms. The van der Waals surface area contributed by atoms with Crippen molar-refractivity contribution in [3.05, 3.63) is 48.5 Å². The fourth-order valence-electron chi connectivity index (χ4n) is 2.29. The van der Waals surface area contributed by atoms with Gasteiger partial charge in [0, 0.05) is 23.2 Å². The van der Waals surface area contributed by atoms with Crippen molar-refractivity contribution < 1.29 is 4.79 Å². The Balaban J connectivity index is 2.13. The third kappa shape index (κ3) is 2.76. The molecule has 5 heteroatoms. The molecule has 0 aliphatic carbocycles. The van der Waals surface area contributed by atoms with E-state index < -0.39 is 0 Å². The summed E-state index contributed by atoms with van der Waals surface area (Å²) in [6, 6.07) is 15.2. The number of alkyl halides is 1. The van der Waals surface area contributed by atoms with Gasteiger partial charge in [-0.3, -0.25) is 0 Å². The summed E-state index contributed by atoms with van der Waals surface area (Å²) < 4.78 is 0. The van der Waals surface area contributed by atoms with Crippen LogP contribution in [0.1, 0.15) is 0 Å². The average molecular weight is 300 g/mol. The number of hydrogen-bond acceptors (Lipinski definition) is 2. The van der Waals surface area contributed by atoms with Gasteiger partial charge in [0.1, 0.15) is 0 Å². The Kier molecular flexibility index (Phi) is 3.88. The van der Waals surface area contributed by atoms with Gasteiger partial charge in [-0.2, -0.15) is 0 Å². The number of nitrogens with one attached hydrogen (secondary N) is 2. The number of rotatable bonds is 3. The number of para-hydroxylation sites is 2. The number of hydrogen-bond donors (Lipinski definition) is 2. The number of carbonyl (C=O) groups is 1. The number of halogens is 1. The molecule has 0 bridgehead atoms. The van der Waals surface area contributed by atoms with Crippen LogP contribution in [0.4, 0.5) is 10.5 Å². The second-order valence-electron chi connectivity index (χ2n) is 4.59. The largest absolute Gasteiger partial charge is 0.337 e. The highest BCUT2D eigenvalue weighted by Gasteiger charge is 2.10. The second-order valence-corrected chi connectivity index (χ2v) is 4.97. The van der Waals surface area contributed by atoms with Gasteiger partial charge in [0.05, 0.1) is 16.7 Å². The number of aromatic nitrogens is 1. The van der Waals surface area contributed by atoms with Crippen LogP contribution in [0.5, 0.6) is 0 Å². The minimum atomic E-state index is -0.267. The van der Waals surface area contributed by atoms with E-state index in [9.17, 15) is 4.79 Å². The lowest BCUT2D eigenvalue weighted by molar-refractivity contribution is 0.252. The van der Waals surface area contributed by atoms with E-state index in [4.69, 9.17) is 11.6 Å². The maximum atomic E-state index is 12.0. The van der Waals surface area contributed by atoms with Gasteiger partial charge in [0.25, 0.3) is 0 Å². The molecule has 3 aromatic rings. The molecule has 4 nitrogen and oxygen atoms in total. The van der Waals surface area contributed by atoms with E-state index in [0.717, 1.165) is 27.5 Å². The first-order chi connectivity index (χ1) is 10.3. The normalized spacial score (nSPS) is 10.7. The van der Waals surface area contributed by atoms with E-state index in [-0.39, 0.29) is 6.03 Å². The van der Waals surface area contributed by atoms with E-state index in [2.05, 4.69) is 15.6 Å². The van der Waals surface area contributed by atoms with Crippen LogP contribution in [-0.4, -0.2) is 23.4 Å². The summed E-state index contributed by atoms with van der Waals surface area (Å²) in [7, 11) is 0. The fourth-order valence-corrected chi connectivity index (χ4v) is 2.39. The zero-order valence-electron chi connectivity index (χ0n) is 11.3. The molecule has 0 saturated carbocycles. The number of pyridine rings is 1. The van der Waals surface area contributed by atoms with E-state index >= 15 is 0 Å². The van der Waals surface area contributed by atoms with Crippen LogP contribution in [0, 0.1) is 0 Å². The van der Waals surface area contributed by atoms with E-state index in [1.54, 1.807) is 0 Å². The molecule has 0 saturated heterocycles. The average Bonchev–Trinajstić information content (AvgIpc) is 2.52. The Hall–Kier alpha value is -2.33. The smallest absolute Gasteiger partial charge is 0.319 e. The molecule has 0 aliphatic rings. The number of benzene rings is 2. The van der Waals surface area contributed by atoms with Crippen LogP contribution in [0.15, 0.2) is 48.5 Å². The lowest BCUT2D eigenvalue weighted by Gasteiger charge is -2.12. The minimum Gasteiger partial charge on any atom is -0.337 e. The summed E-state index contributed by atoms with van der Waals surface area (Å²) in [4.78, 5) is 16.6. The molecule has 106 valence electrons. The van der Waals surface area contributed by atoms with Crippen molar-refractivity contribution >= 4 is 45.1 Å². The number of amides is 2. The molecule has 0 unspecified atom stereocenters. The van der Waals surface area contributed by atoms with E-state index in [1.165, 1.54) is 0 Å². The second kappa shape index (κ2) is 5.97. The Bertz CT molecular complexity index is 750. The number of fused-ring (bicyclic) bond motifs is 2. The standard InChI is InChI=1S/C16H14ClN3O/c17-9-10-18-16(21)20-15-11-5-1-3-7-13(11)19-14-8-4-2-6-12(14)15/h1-8H,9-10H2,(H2,18,19,20,21). The van der Waals surface area contributed by atoms with E-state index in [1.807, 2.05) is 48.5 Å². The number of carbonyl (C=O) groups excluding carboxylic acids is 1. The molecular weight excluding hydrogens is 286 g/mol. The number of urea groups is 1. The summed E-state index contributed by atoms with van der Waals surface area (Å²) in [6.45, 7) is 0.425. The third-order valence-corrected chi connectivity index (χ3v) is 3.40. The maximum absolute atomic E-state index is 12.0. The van der Waals surface area contributed by atoms with Crippen molar-refractivity contribution in [1.29, 1.82) is 0 Å². The lowest BCUT2D eigenvalue weighted by atomic mass is 10.1. The zero-order chi connectivity index (χ0) is 14.7. The highest BCUT2D eigenvalue weighted by atomic mass is 35.5. The molecule has 1 aromatic heterocycles. The predicted octanol–water partition coefficient (Wildman–Crippen LogP) is 3.75. The highest BCUT2D eigenvalue weighted by molar-refractivity contribution is 6.18. The van der Waals surface area contributed by atoms with Gasteiger partial charge in [-0.25, -0.2) is 9.78 Å². The Morgan fingerprint density at radius 1 is 1.00 bits per heavy atom. The summed E-state index contributed by atoms with van der Waals surface area (Å²) in [5, 5.41) is 7.45. The Morgan fingerprint density at radius 3 is 2.14 bits per heavy atom. The minimum absolute atomic E-state index is 0.267. The topological polar surface area (TPSA) is 54.0 Å². The van der Waals surface area contributed by atoms with Crippen molar-refractivity contribution in [2.24, 2.45) is 0 Å². The van der Waals surface area contributed by atoms with Crippen molar-refractivity contribution in [1.82, 2.24) is 10.3 Å². The molecule has 0 atom stereocenters. The Morgan fingerprint density at radius 2 is 1.57 bits per heavy atom. The zero-order valence-corrected chi connectivity index (χ0v) is 12.0. The van der Waals surface area contributed by atoms with Crippen LogP contribution < -0.4 is 10.6 Å². The van der Waals surface area contributed by atoms with Crippen molar-refractivity contribution in [2.75, 3.05) is 17.7 Å². The molecular formula is C16H14ClN3O. The van der Waals surface area contributed by atoms with Gasteiger partial charge in [-0.05, 0) is 12.1 Å². The third-order valence-electron chi connectivity index (χ3n) is 3.21. The molecule has 3 rings (SSSR count). The van der Waals surface area contributed by atoms with Gasteiger partial charge in [-0.1, -0.05) is 36.4 Å². The molecule has 2 N–H and O–H groups in total. The number of anilines is 1. The summed E-state index contributed by atoms with van der Waals surface area (Å²) in [5.41, 5.74) is 2.47. The molecule has 1 heterocycles. The van der Waals surface area contributed by atoms with Gasteiger partial charge >= 0.3 is 6.03 Å². The van der Waals surface area contributed by atoms with Gasteiger partial charge in [0.2, 0.25) is 0 Å². The van der Waals surface area contributed by atoms with Crippen molar-refractivity contribution in [2.45, 2.75) is 0 Å². The molecule has 2 amide bonds. The summed E-state index contributed by atoms with van der Waals surface area (Å²) >= 11 is 5.59. The summed E-state index contributed by atoms with van der Waals surface area (Å²) in [5.74, 6) is 0.380. The monoisotopic (exact) mass is 299 g/mol.